The van der Waals surface area contributed by atoms with Crippen molar-refractivity contribution < 1.29 is 19.3 Å². The van der Waals surface area contributed by atoms with Crippen LogP contribution in [0, 0.1) is 16.0 Å². The van der Waals surface area contributed by atoms with Crippen molar-refractivity contribution in [3.63, 3.8) is 0 Å². The second kappa shape index (κ2) is 7.86. The number of non-ortho nitro benzene ring substituents is 1. The van der Waals surface area contributed by atoms with Crippen LogP contribution in [0.1, 0.15) is 17.2 Å². The van der Waals surface area contributed by atoms with Gasteiger partial charge < -0.3 is 0 Å². The maximum absolute atomic E-state index is 13.4. The standard InChI is InChI=1S/C23H18N4O5/c28-22-19-20(16-9-11-24-12-10-16)26(17-7-4-8-18(13-17)27(30)31)32-21(19)23(29)25(22)14-15-5-2-1-3-6-15/h1-13,19-21H,14H2/t19-,20-,21+/m1/s1. The molecule has 2 aliphatic heterocycles. The van der Waals surface area contributed by atoms with E-state index in [-0.39, 0.29) is 18.1 Å². The minimum absolute atomic E-state index is 0.111. The molecule has 2 amide bonds. The summed E-state index contributed by atoms with van der Waals surface area (Å²) in [5.41, 5.74) is 1.84. The first-order chi connectivity index (χ1) is 15.5. The normalized spacial score (nSPS) is 22.3. The minimum atomic E-state index is -1.01. The van der Waals surface area contributed by atoms with Gasteiger partial charge in [-0.2, -0.15) is 0 Å². The summed E-state index contributed by atoms with van der Waals surface area (Å²) in [6.07, 6.45) is 2.18. The summed E-state index contributed by atoms with van der Waals surface area (Å²) >= 11 is 0. The number of aromatic nitrogens is 1. The predicted octanol–water partition coefficient (Wildman–Crippen LogP) is 3.04. The molecule has 160 valence electrons. The molecule has 0 N–H and O–H groups in total. The maximum Gasteiger partial charge on any atom is 0.271 e. The zero-order valence-corrected chi connectivity index (χ0v) is 16.8. The number of hydrogen-bond acceptors (Lipinski definition) is 7. The Morgan fingerprint density at radius 3 is 2.44 bits per heavy atom. The predicted molar refractivity (Wildman–Crippen MR) is 113 cm³/mol. The molecule has 1 aromatic heterocycles. The van der Waals surface area contributed by atoms with Crippen LogP contribution in [-0.2, 0) is 21.0 Å². The third-order valence-corrected chi connectivity index (χ3v) is 5.73. The van der Waals surface area contributed by atoms with E-state index in [2.05, 4.69) is 4.98 Å². The summed E-state index contributed by atoms with van der Waals surface area (Å²) < 4.78 is 0. The molecule has 5 rings (SSSR count). The number of nitro benzene ring substituents is 1. The highest BCUT2D eigenvalue weighted by atomic mass is 16.7. The molecule has 0 radical (unpaired) electrons. The SMILES string of the molecule is O=C1[C@H]2[C@H](ON(c3cccc([N+](=O)[O-])c3)[C@@H]2c2ccncc2)C(=O)N1Cc1ccccc1. The maximum atomic E-state index is 13.4. The molecule has 0 unspecified atom stereocenters. The van der Waals surface area contributed by atoms with Gasteiger partial charge in [0, 0.05) is 24.5 Å². The molecule has 0 aliphatic carbocycles. The molecular formula is C23H18N4O5. The van der Waals surface area contributed by atoms with Gasteiger partial charge >= 0.3 is 0 Å². The van der Waals surface area contributed by atoms with E-state index < -0.39 is 28.9 Å². The quantitative estimate of drug-likeness (QED) is 0.348. The Morgan fingerprint density at radius 1 is 0.969 bits per heavy atom. The number of fused-ring (bicyclic) bond motifs is 1. The molecule has 3 aromatic rings. The molecule has 3 atom stereocenters. The van der Waals surface area contributed by atoms with E-state index in [4.69, 9.17) is 4.84 Å². The smallest absolute Gasteiger partial charge is 0.271 e. The first kappa shape index (κ1) is 19.8. The van der Waals surface area contributed by atoms with Gasteiger partial charge in [-0.1, -0.05) is 36.4 Å². The number of anilines is 1. The van der Waals surface area contributed by atoms with Gasteiger partial charge in [-0.25, -0.2) is 5.06 Å². The Balaban J connectivity index is 1.53. The van der Waals surface area contributed by atoms with Crippen LogP contribution in [0.3, 0.4) is 0 Å². The van der Waals surface area contributed by atoms with Crippen molar-refractivity contribution in [2.24, 2.45) is 5.92 Å². The van der Waals surface area contributed by atoms with Gasteiger partial charge in [-0.15, -0.1) is 0 Å². The number of nitrogens with zero attached hydrogens (tertiary/aromatic N) is 4. The van der Waals surface area contributed by atoms with Gasteiger partial charge in [0.25, 0.3) is 11.6 Å². The molecule has 0 spiro atoms. The van der Waals surface area contributed by atoms with Crippen molar-refractivity contribution in [3.8, 4) is 0 Å². The Kier molecular flexibility index (Phi) is 4.87. The summed E-state index contributed by atoms with van der Waals surface area (Å²) in [5, 5.41) is 12.7. The van der Waals surface area contributed by atoms with E-state index in [1.54, 1.807) is 36.7 Å². The minimum Gasteiger partial charge on any atom is -0.275 e. The van der Waals surface area contributed by atoms with Crippen molar-refractivity contribution in [2.75, 3.05) is 5.06 Å². The number of rotatable bonds is 5. The fourth-order valence-corrected chi connectivity index (χ4v) is 4.26. The fourth-order valence-electron chi connectivity index (χ4n) is 4.26. The average Bonchev–Trinajstić information content (AvgIpc) is 3.32. The highest BCUT2D eigenvalue weighted by Crippen LogP contribution is 2.47. The van der Waals surface area contributed by atoms with Crippen molar-refractivity contribution in [2.45, 2.75) is 18.7 Å². The molecule has 2 aliphatic rings. The van der Waals surface area contributed by atoms with Crippen LogP contribution in [0.5, 0.6) is 0 Å². The molecule has 32 heavy (non-hydrogen) atoms. The summed E-state index contributed by atoms with van der Waals surface area (Å²) in [6.45, 7) is 0.161. The number of imide groups is 1. The zero-order chi connectivity index (χ0) is 22.2. The number of carbonyl (C=O) groups is 2. The number of nitro groups is 1. The molecule has 2 fully saturated rings. The number of carbonyl (C=O) groups excluding carboxylic acids is 2. The highest BCUT2D eigenvalue weighted by molar-refractivity contribution is 6.07. The fraction of sp³-hybridized carbons (Fsp3) is 0.174. The Morgan fingerprint density at radius 2 is 1.72 bits per heavy atom. The second-order valence-corrected chi connectivity index (χ2v) is 7.63. The van der Waals surface area contributed by atoms with Crippen molar-refractivity contribution in [1.82, 2.24) is 9.88 Å². The lowest BCUT2D eigenvalue weighted by molar-refractivity contribution is -0.384. The Hall–Kier alpha value is -4.11. The van der Waals surface area contributed by atoms with Crippen LogP contribution in [-0.4, -0.2) is 32.7 Å². The van der Waals surface area contributed by atoms with E-state index in [1.807, 2.05) is 30.3 Å². The summed E-state index contributed by atoms with van der Waals surface area (Å²) in [7, 11) is 0. The van der Waals surface area contributed by atoms with Crippen LogP contribution >= 0.6 is 0 Å². The first-order valence-corrected chi connectivity index (χ1v) is 10.0. The molecule has 2 saturated heterocycles. The van der Waals surface area contributed by atoms with Crippen LogP contribution in [0.15, 0.2) is 79.1 Å². The van der Waals surface area contributed by atoms with Crippen LogP contribution < -0.4 is 5.06 Å². The Labute approximate surface area is 183 Å². The third-order valence-electron chi connectivity index (χ3n) is 5.73. The Bertz CT molecular complexity index is 1190. The average molecular weight is 430 g/mol. The molecule has 2 aromatic carbocycles. The largest absolute Gasteiger partial charge is 0.275 e. The molecule has 0 saturated carbocycles. The lowest BCUT2D eigenvalue weighted by Gasteiger charge is -2.28. The third kappa shape index (κ3) is 3.28. The van der Waals surface area contributed by atoms with Gasteiger partial charge in [-0.05, 0) is 29.3 Å². The highest BCUT2D eigenvalue weighted by Gasteiger charge is 2.59. The van der Waals surface area contributed by atoms with E-state index in [0.717, 1.165) is 11.1 Å². The monoisotopic (exact) mass is 430 g/mol. The van der Waals surface area contributed by atoms with Crippen molar-refractivity contribution in [1.29, 1.82) is 0 Å². The molecule has 9 heteroatoms. The summed E-state index contributed by atoms with van der Waals surface area (Å²) in [6, 6.07) is 18.1. The number of likely N-dealkylation sites (tertiary alicyclic amines) is 1. The van der Waals surface area contributed by atoms with Gasteiger partial charge in [0.05, 0.1) is 23.2 Å². The van der Waals surface area contributed by atoms with Crippen LogP contribution in [0.25, 0.3) is 0 Å². The van der Waals surface area contributed by atoms with Gasteiger partial charge in [0.1, 0.15) is 5.92 Å². The number of benzene rings is 2. The van der Waals surface area contributed by atoms with Gasteiger partial charge in [0.15, 0.2) is 6.10 Å². The summed E-state index contributed by atoms with van der Waals surface area (Å²) in [5.74, 6) is -1.54. The van der Waals surface area contributed by atoms with Crippen LogP contribution in [0.2, 0.25) is 0 Å². The van der Waals surface area contributed by atoms with Gasteiger partial charge in [-0.3, -0.25) is 34.4 Å². The van der Waals surface area contributed by atoms with E-state index in [0.29, 0.717) is 5.69 Å². The van der Waals surface area contributed by atoms with Crippen molar-refractivity contribution in [3.05, 3.63) is 100 Å². The lowest BCUT2D eigenvalue weighted by atomic mass is 9.91. The lowest BCUT2D eigenvalue weighted by Crippen LogP contribution is -2.37. The molecule has 3 heterocycles. The molecule has 0 bridgehead atoms. The van der Waals surface area contributed by atoms with E-state index in [1.165, 1.54) is 22.1 Å². The number of hydrogen-bond donors (Lipinski definition) is 0. The topological polar surface area (TPSA) is 106 Å². The van der Waals surface area contributed by atoms with Crippen molar-refractivity contribution >= 4 is 23.2 Å². The molecule has 9 nitrogen and oxygen atoms in total. The second-order valence-electron chi connectivity index (χ2n) is 7.63. The first-order valence-electron chi connectivity index (χ1n) is 10.0. The van der Waals surface area contributed by atoms with E-state index >= 15 is 0 Å². The number of hydroxylamine groups is 1. The summed E-state index contributed by atoms with van der Waals surface area (Å²) in [4.78, 5) is 48.6. The zero-order valence-electron chi connectivity index (χ0n) is 16.8. The number of amides is 2. The van der Waals surface area contributed by atoms with Crippen LogP contribution in [0.4, 0.5) is 11.4 Å². The molecular weight excluding hydrogens is 412 g/mol. The van der Waals surface area contributed by atoms with Gasteiger partial charge in [0.2, 0.25) is 5.91 Å². The van der Waals surface area contributed by atoms with E-state index in [9.17, 15) is 19.7 Å². The number of pyridine rings is 1.